The number of fused-ring (bicyclic) bond motifs is 1. The van der Waals surface area contributed by atoms with E-state index >= 15 is 0 Å². The smallest absolute Gasteiger partial charge is 0.312 e. The minimum Gasteiger partial charge on any atom is -0.481 e. The van der Waals surface area contributed by atoms with Crippen LogP contribution in [0.5, 0.6) is 0 Å². The Morgan fingerprint density at radius 3 is 2.82 bits per heavy atom. The molecule has 0 bridgehead atoms. The fraction of sp³-hybridized carbons (Fsp3) is 0.375. The summed E-state index contributed by atoms with van der Waals surface area (Å²) in [5, 5.41) is 11.7. The van der Waals surface area contributed by atoms with Crippen LogP contribution in [0.25, 0.3) is 0 Å². The summed E-state index contributed by atoms with van der Waals surface area (Å²) in [4.78, 5) is 24.9. The molecule has 3 heterocycles. The Kier molecular flexibility index (Phi) is 4.10. The van der Waals surface area contributed by atoms with E-state index in [1.807, 2.05) is 17.6 Å². The van der Waals surface area contributed by atoms with Crippen LogP contribution >= 0.6 is 22.9 Å². The third-order valence-corrected chi connectivity index (χ3v) is 5.40. The molecule has 4 nitrogen and oxygen atoms in total. The van der Waals surface area contributed by atoms with Gasteiger partial charge in [-0.1, -0.05) is 18.5 Å². The van der Waals surface area contributed by atoms with Gasteiger partial charge in [0.25, 0.3) is 0 Å². The molecule has 0 radical (unpaired) electrons. The molecule has 22 heavy (non-hydrogen) atoms. The maximum Gasteiger partial charge on any atom is 0.312 e. The van der Waals surface area contributed by atoms with E-state index in [1.54, 1.807) is 11.4 Å². The summed E-state index contributed by atoms with van der Waals surface area (Å²) < 4.78 is 1.90. The second kappa shape index (κ2) is 5.89. The van der Waals surface area contributed by atoms with Gasteiger partial charge in [-0.3, -0.25) is 9.59 Å². The van der Waals surface area contributed by atoms with Crippen LogP contribution in [0.15, 0.2) is 17.5 Å². The minimum absolute atomic E-state index is 0.0639. The van der Waals surface area contributed by atoms with Gasteiger partial charge in [-0.15, -0.1) is 11.3 Å². The summed E-state index contributed by atoms with van der Waals surface area (Å²) in [5.74, 6) is -1.40. The number of ketones is 1. The molecule has 1 N–H and O–H groups in total. The van der Waals surface area contributed by atoms with Gasteiger partial charge in [0.2, 0.25) is 5.78 Å². The normalized spacial score (nSPS) is 17.3. The van der Waals surface area contributed by atoms with Crippen molar-refractivity contribution in [3.05, 3.63) is 44.4 Å². The number of aliphatic carboxylic acids is 1. The van der Waals surface area contributed by atoms with Crippen molar-refractivity contribution in [1.29, 1.82) is 0 Å². The van der Waals surface area contributed by atoms with Crippen LogP contribution < -0.4 is 0 Å². The van der Waals surface area contributed by atoms with Crippen LogP contribution in [-0.4, -0.2) is 21.4 Å². The molecular weight excluding hydrogens is 322 g/mol. The fourth-order valence-corrected chi connectivity index (χ4v) is 4.11. The highest BCUT2D eigenvalue weighted by Crippen LogP contribution is 2.34. The molecule has 1 atom stereocenters. The van der Waals surface area contributed by atoms with Gasteiger partial charge in [0, 0.05) is 17.6 Å². The summed E-state index contributed by atoms with van der Waals surface area (Å²) in [7, 11) is 0. The number of aromatic nitrogens is 1. The summed E-state index contributed by atoms with van der Waals surface area (Å²) in [6, 6.07) is 3.56. The van der Waals surface area contributed by atoms with Gasteiger partial charge >= 0.3 is 5.97 Å². The molecule has 116 valence electrons. The molecule has 0 fully saturated rings. The van der Waals surface area contributed by atoms with Crippen molar-refractivity contribution in [1.82, 2.24) is 4.57 Å². The highest BCUT2D eigenvalue weighted by molar-refractivity contribution is 7.12. The molecule has 0 aliphatic carbocycles. The summed E-state index contributed by atoms with van der Waals surface area (Å²) in [5.41, 5.74) is 2.29. The first-order valence-electron chi connectivity index (χ1n) is 7.26. The number of carbonyl (C=O) groups is 2. The van der Waals surface area contributed by atoms with Gasteiger partial charge in [0.1, 0.15) is 0 Å². The van der Waals surface area contributed by atoms with Crippen LogP contribution in [0.1, 0.15) is 52.3 Å². The second-order valence-corrected chi connectivity index (χ2v) is 6.79. The third kappa shape index (κ3) is 2.48. The highest BCUT2D eigenvalue weighted by atomic mass is 35.5. The standard InChI is InChI=1S/C16H16ClNO3S/c1-2-9-6-12-11(16(20)21)4-3-5-18(12)14(9)15(19)13-7-10(17)8-22-13/h6-8,11H,2-5H2,1H3,(H,20,21). The Labute approximate surface area is 137 Å². The number of halogens is 1. The average molecular weight is 338 g/mol. The summed E-state index contributed by atoms with van der Waals surface area (Å²) >= 11 is 7.24. The van der Waals surface area contributed by atoms with Gasteiger partial charge < -0.3 is 9.67 Å². The Morgan fingerprint density at radius 1 is 1.45 bits per heavy atom. The second-order valence-electron chi connectivity index (χ2n) is 5.44. The molecule has 1 aliphatic rings. The number of carboxylic acids is 1. The zero-order valence-corrected chi connectivity index (χ0v) is 13.7. The number of carboxylic acid groups (broad SMARTS) is 1. The Morgan fingerprint density at radius 2 is 2.23 bits per heavy atom. The van der Waals surface area contributed by atoms with Crippen molar-refractivity contribution < 1.29 is 14.7 Å². The fourth-order valence-electron chi connectivity index (χ4n) is 3.09. The molecule has 0 saturated heterocycles. The topological polar surface area (TPSA) is 59.3 Å². The Bertz CT molecular complexity index is 747. The molecule has 2 aromatic rings. The summed E-state index contributed by atoms with van der Waals surface area (Å²) in [6.45, 7) is 2.68. The van der Waals surface area contributed by atoms with Gasteiger partial charge in [0.05, 0.1) is 21.5 Å². The zero-order chi connectivity index (χ0) is 15.9. The van der Waals surface area contributed by atoms with E-state index in [1.165, 1.54) is 11.3 Å². The Balaban J connectivity index is 2.11. The van der Waals surface area contributed by atoms with Crippen LogP contribution in [-0.2, 0) is 17.8 Å². The average Bonchev–Trinajstić information content (AvgIpc) is 3.09. The van der Waals surface area contributed by atoms with Crippen molar-refractivity contribution in [3.8, 4) is 0 Å². The van der Waals surface area contributed by atoms with Gasteiger partial charge in [-0.2, -0.15) is 0 Å². The molecule has 0 amide bonds. The van der Waals surface area contributed by atoms with Crippen LogP contribution in [0, 0.1) is 0 Å². The quantitative estimate of drug-likeness (QED) is 0.859. The van der Waals surface area contributed by atoms with E-state index in [0.717, 1.165) is 17.7 Å². The molecular formula is C16H16ClNO3S. The van der Waals surface area contributed by atoms with Crippen molar-refractivity contribution in [2.24, 2.45) is 0 Å². The molecule has 1 unspecified atom stereocenters. The predicted octanol–water partition coefficient (Wildman–Crippen LogP) is 3.96. The van der Waals surface area contributed by atoms with E-state index in [0.29, 0.717) is 35.0 Å². The number of hydrogen-bond donors (Lipinski definition) is 1. The van der Waals surface area contributed by atoms with E-state index in [4.69, 9.17) is 11.6 Å². The van der Waals surface area contributed by atoms with E-state index < -0.39 is 11.9 Å². The minimum atomic E-state index is -0.820. The molecule has 0 spiro atoms. The largest absolute Gasteiger partial charge is 0.481 e. The number of nitrogens with zero attached hydrogens (tertiary/aromatic N) is 1. The lowest BCUT2D eigenvalue weighted by molar-refractivity contribution is -0.139. The molecule has 0 aromatic carbocycles. The van der Waals surface area contributed by atoms with E-state index in [-0.39, 0.29) is 5.78 Å². The molecule has 0 saturated carbocycles. The first-order valence-corrected chi connectivity index (χ1v) is 8.52. The number of rotatable bonds is 4. The lowest BCUT2D eigenvalue weighted by Crippen LogP contribution is -2.23. The molecule has 1 aliphatic heterocycles. The SMILES string of the molecule is CCc1cc2n(c1C(=O)c1cc(Cl)cs1)CCCC2C(=O)O. The van der Waals surface area contributed by atoms with Crippen molar-refractivity contribution >= 4 is 34.7 Å². The maximum atomic E-state index is 12.8. The number of carbonyl (C=O) groups excluding carboxylic acids is 1. The van der Waals surface area contributed by atoms with Crippen LogP contribution in [0.3, 0.4) is 0 Å². The predicted molar refractivity (Wildman–Crippen MR) is 86.2 cm³/mol. The molecule has 3 rings (SSSR count). The van der Waals surface area contributed by atoms with Crippen molar-refractivity contribution in [2.75, 3.05) is 0 Å². The van der Waals surface area contributed by atoms with E-state index in [2.05, 4.69) is 0 Å². The Hall–Kier alpha value is -1.59. The monoisotopic (exact) mass is 337 g/mol. The maximum absolute atomic E-state index is 12.8. The van der Waals surface area contributed by atoms with E-state index in [9.17, 15) is 14.7 Å². The zero-order valence-electron chi connectivity index (χ0n) is 12.1. The summed E-state index contributed by atoms with van der Waals surface area (Å²) in [6.07, 6.45) is 2.10. The number of thiophene rings is 1. The van der Waals surface area contributed by atoms with Gasteiger partial charge in [-0.25, -0.2) is 0 Å². The first kappa shape index (κ1) is 15.3. The highest BCUT2D eigenvalue weighted by Gasteiger charge is 2.32. The lowest BCUT2D eigenvalue weighted by Gasteiger charge is -2.23. The van der Waals surface area contributed by atoms with Gasteiger partial charge in [-0.05, 0) is 37.0 Å². The van der Waals surface area contributed by atoms with Gasteiger partial charge in [0.15, 0.2) is 0 Å². The van der Waals surface area contributed by atoms with Crippen molar-refractivity contribution in [2.45, 2.75) is 38.6 Å². The van der Waals surface area contributed by atoms with Crippen LogP contribution in [0.2, 0.25) is 5.02 Å². The first-order chi connectivity index (χ1) is 10.5. The molecule has 2 aromatic heterocycles. The lowest BCUT2D eigenvalue weighted by atomic mass is 9.96. The molecule has 6 heteroatoms. The van der Waals surface area contributed by atoms with Crippen molar-refractivity contribution in [3.63, 3.8) is 0 Å². The third-order valence-electron chi connectivity index (χ3n) is 4.12. The van der Waals surface area contributed by atoms with Crippen LogP contribution in [0.4, 0.5) is 0 Å². The number of hydrogen-bond acceptors (Lipinski definition) is 3. The number of aryl methyl sites for hydroxylation is 1.